The molecule has 0 spiro atoms. The van der Waals surface area contributed by atoms with E-state index in [0.29, 0.717) is 22.9 Å². The summed E-state index contributed by atoms with van der Waals surface area (Å²) >= 11 is 6.03. The van der Waals surface area contributed by atoms with Crippen LogP contribution in [0.2, 0.25) is 5.02 Å². The molecule has 0 aliphatic carbocycles. The zero-order valence-corrected chi connectivity index (χ0v) is 9.87. The van der Waals surface area contributed by atoms with Crippen LogP contribution in [-0.2, 0) is 11.2 Å². The van der Waals surface area contributed by atoms with Crippen molar-refractivity contribution in [3.8, 4) is 11.5 Å². The number of methoxy groups -OCH3 is 2. The van der Waals surface area contributed by atoms with E-state index < -0.39 is 5.97 Å². The zero-order chi connectivity index (χ0) is 12.1. The number of carboxylic acid groups (broad SMARTS) is 1. The van der Waals surface area contributed by atoms with Crippen molar-refractivity contribution >= 4 is 17.6 Å². The average Bonchev–Trinajstić information content (AvgIpc) is 2.26. The van der Waals surface area contributed by atoms with Gasteiger partial charge in [0.1, 0.15) is 16.5 Å². The molecule has 1 aromatic rings. The van der Waals surface area contributed by atoms with Crippen molar-refractivity contribution < 1.29 is 19.4 Å². The first-order valence-electron chi connectivity index (χ1n) is 4.71. The second kappa shape index (κ2) is 5.61. The van der Waals surface area contributed by atoms with Crippen molar-refractivity contribution in [2.45, 2.75) is 12.8 Å². The fourth-order valence-electron chi connectivity index (χ4n) is 1.39. The predicted octanol–water partition coefficient (Wildman–Crippen LogP) is 2.37. The molecule has 5 heteroatoms. The second-order valence-corrected chi connectivity index (χ2v) is 3.55. The fraction of sp³-hybridized carbons (Fsp3) is 0.364. The van der Waals surface area contributed by atoms with Crippen molar-refractivity contribution in [2.24, 2.45) is 0 Å². The summed E-state index contributed by atoms with van der Waals surface area (Å²) in [5, 5.41) is 8.98. The lowest BCUT2D eigenvalue weighted by Crippen LogP contribution is -2.00. The maximum absolute atomic E-state index is 10.5. The van der Waals surface area contributed by atoms with Gasteiger partial charge in [0, 0.05) is 6.42 Å². The third kappa shape index (κ3) is 2.79. The molecule has 0 radical (unpaired) electrons. The molecular formula is C11H13ClO4. The van der Waals surface area contributed by atoms with E-state index in [4.69, 9.17) is 26.2 Å². The molecule has 1 rings (SSSR count). The monoisotopic (exact) mass is 244 g/mol. The Labute approximate surface area is 98.7 Å². The molecule has 0 atom stereocenters. The van der Waals surface area contributed by atoms with Crippen LogP contribution < -0.4 is 9.47 Å². The Morgan fingerprint density at radius 3 is 2.56 bits per heavy atom. The number of aryl methyl sites for hydroxylation is 1. The molecule has 0 saturated carbocycles. The molecule has 0 heterocycles. The van der Waals surface area contributed by atoms with Crippen molar-refractivity contribution in [1.82, 2.24) is 0 Å². The molecule has 16 heavy (non-hydrogen) atoms. The Hall–Kier alpha value is -1.42. The van der Waals surface area contributed by atoms with Crippen molar-refractivity contribution in [3.05, 3.63) is 22.7 Å². The number of rotatable bonds is 5. The van der Waals surface area contributed by atoms with Crippen LogP contribution in [0.25, 0.3) is 0 Å². The highest BCUT2D eigenvalue weighted by molar-refractivity contribution is 6.33. The summed E-state index contributed by atoms with van der Waals surface area (Å²) in [4.78, 5) is 10.5. The van der Waals surface area contributed by atoms with E-state index in [2.05, 4.69) is 0 Å². The Morgan fingerprint density at radius 2 is 2.06 bits per heavy atom. The summed E-state index contributed by atoms with van der Waals surface area (Å²) in [5.74, 6) is 0.133. The minimum absolute atomic E-state index is 0.0407. The minimum atomic E-state index is -0.853. The van der Waals surface area contributed by atoms with Gasteiger partial charge in [0.25, 0.3) is 0 Å². The summed E-state index contributed by atoms with van der Waals surface area (Å²) < 4.78 is 10.2. The van der Waals surface area contributed by atoms with E-state index in [0.717, 1.165) is 5.56 Å². The fourth-order valence-corrected chi connectivity index (χ4v) is 1.73. The highest BCUT2D eigenvalue weighted by Crippen LogP contribution is 2.37. The molecule has 1 N–H and O–H groups in total. The Kier molecular flexibility index (Phi) is 4.43. The first-order valence-corrected chi connectivity index (χ1v) is 5.09. The lowest BCUT2D eigenvalue weighted by Gasteiger charge is -2.12. The summed E-state index contributed by atoms with van der Waals surface area (Å²) in [6.07, 6.45) is 0.418. The molecule has 0 aliphatic rings. The van der Waals surface area contributed by atoms with Crippen LogP contribution in [0.4, 0.5) is 0 Å². The Bertz CT molecular complexity index is 390. The first kappa shape index (κ1) is 12.6. The number of hydrogen-bond donors (Lipinski definition) is 1. The summed E-state index contributed by atoms with van der Waals surface area (Å²) in [6, 6.07) is 3.45. The normalized spacial score (nSPS) is 9.94. The standard InChI is InChI=1S/C11H13ClO4/c1-15-8-5-3-7(4-6-9(13)14)11(16-2)10(8)12/h3,5H,4,6H2,1-2H3,(H,13,14). The van der Waals surface area contributed by atoms with Crippen molar-refractivity contribution in [1.29, 1.82) is 0 Å². The van der Waals surface area contributed by atoms with Crippen LogP contribution in [0.5, 0.6) is 11.5 Å². The van der Waals surface area contributed by atoms with Gasteiger partial charge in [-0.15, -0.1) is 0 Å². The lowest BCUT2D eigenvalue weighted by molar-refractivity contribution is -0.136. The largest absolute Gasteiger partial charge is 0.495 e. The van der Waals surface area contributed by atoms with Crippen molar-refractivity contribution in [2.75, 3.05) is 14.2 Å². The molecule has 0 aromatic heterocycles. The molecule has 88 valence electrons. The number of aliphatic carboxylic acids is 1. The van der Waals surface area contributed by atoms with Gasteiger partial charge in [-0.25, -0.2) is 0 Å². The Morgan fingerprint density at radius 1 is 1.38 bits per heavy atom. The number of hydrogen-bond acceptors (Lipinski definition) is 3. The molecule has 0 fully saturated rings. The molecule has 0 amide bonds. The summed E-state index contributed by atoms with van der Waals surface area (Å²) in [6.45, 7) is 0. The summed E-state index contributed by atoms with van der Waals surface area (Å²) in [5.41, 5.74) is 0.760. The average molecular weight is 245 g/mol. The molecule has 1 aromatic carbocycles. The van der Waals surface area contributed by atoms with Crippen LogP contribution in [0.3, 0.4) is 0 Å². The SMILES string of the molecule is COc1ccc(CCC(=O)O)c(OC)c1Cl. The highest BCUT2D eigenvalue weighted by Gasteiger charge is 2.13. The predicted molar refractivity (Wildman–Crippen MR) is 60.5 cm³/mol. The zero-order valence-electron chi connectivity index (χ0n) is 9.12. The van der Waals surface area contributed by atoms with E-state index in [1.807, 2.05) is 0 Å². The van der Waals surface area contributed by atoms with Gasteiger partial charge in [-0.1, -0.05) is 17.7 Å². The molecule has 0 aliphatic heterocycles. The van der Waals surface area contributed by atoms with Gasteiger partial charge in [0.05, 0.1) is 14.2 Å². The molecule has 0 saturated heterocycles. The van der Waals surface area contributed by atoms with Crippen LogP contribution in [0.15, 0.2) is 12.1 Å². The topological polar surface area (TPSA) is 55.8 Å². The number of benzene rings is 1. The molecule has 0 bridgehead atoms. The van der Waals surface area contributed by atoms with Gasteiger partial charge < -0.3 is 14.6 Å². The van der Waals surface area contributed by atoms with E-state index >= 15 is 0 Å². The van der Waals surface area contributed by atoms with E-state index in [1.54, 1.807) is 12.1 Å². The van der Waals surface area contributed by atoms with Gasteiger partial charge in [0.15, 0.2) is 0 Å². The van der Waals surface area contributed by atoms with E-state index in [-0.39, 0.29) is 6.42 Å². The van der Waals surface area contributed by atoms with Crippen molar-refractivity contribution in [3.63, 3.8) is 0 Å². The third-order valence-electron chi connectivity index (χ3n) is 2.18. The summed E-state index contributed by atoms with van der Waals surface area (Å²) in [7, 11) is 3.00. The minimum Gasteiger partial charge on any atom is -0.495 e. The van der Waals surface area contributed by atoms with Gasteiger partial charge >= 0.3 is 5.97 Å². The molecular weight excluding hydrogens is 232 g/mol. The third-order valence-corrected chi connectivity index (χ3v) is 2.53. The van der Waals surface area contributed by atoms with Gasteiger partial charge in [-0.05, 0) is 18.1 Å². The number of carboxylic acids is 1. The van der Waals surface area contributed by atoms with Crippen LogP contribution in [0, 0.1) is 0 Å². The quantitative estimate of drug-likeness (QED) is 0.864. The van der Waals surface area contributed by atoms with E-state index in [9.17, 15) is 4.79 Å². The second-order valence-electron chi connectivity index (χ2n) is 3.17. The highest BCUT2D eigenvalue weighted by atomic mass is 35.5. The van der Waals surface area contributed by atoms with Gasteiger partial charge in [-0.3, -0.25) is 4.79 Å². The first-order chi connectivity index (χ1) is 7.60. The van der Waals surface area contributed by atoms with Crippen LogP contribution >= 0.6 is 11.6 Å². The maximum Gasteiger partial charge on any atom is 0.303 e. The number of ether oxygens (including phenoxy) is 2. The maximum atomic E-state index is 10.5. The molecule has 4 nitrogen and oxygen atoms in total. The van der Waals surface area contributed by atoms with E-state index in [1.165, 1.54) is 14.2 Å². The molecule has 0 unspecified atom stereocenters. The van der Waals surface area contributed by atoms with Crippen LogP contribution in [-0.4, -0.2) is 25.3 Å². The van der Waals surface area contributed by atoms with Crippen LogP contribution in [0.1, 0.15) is 12.0 Å². The van der Waals surface area contributed by atoms with Gasteiger partial charge in [-0.2, -0.15) is 0 Å². The lowest BCUT2D eigenvalue weighted by atomic mass is 10.1. The smallest absolute Gasteiger partial charge is 0.303 e. The van der Waals surface area contributed by atoms with Gasteiger partial charge in [0.2, 0.25) is 0 Å². The number of halogens is 1. The Balaban J connectivity index is 3.01. The number of carbonyl (C=O) groups is 1.